The number of halogens is 2. The Balaban J connectivity index is 1.47. The molecule has 1 aromatic carbocycles. The van der Waals surface area contributed by atoms with Crippen LogP contribution in [0.4, 0.5) is 20.6 Å². The number of hydrogen-bond acceptors (Lipinski definition) is 9. The SMILES string of the molecule is CC(CCC(=O)N(C[C@H]1CN(c2ccc(N3CCOCC3=O)cc2F)C(=O)O1)C(=O)c1ccc(Cl)s1)NC(=O)CN. The molecule has 12 nitrogen and oxygen atoms in total. The van der Waals surface area contributed by atoms with Crippen LogP contribution in [0, 0.1) is 5.82 Å². The smallest absolute Gasteiger partial charge is 0.414 e. The molecule has 1 unspecified atom stereocenters. The summed E-state index contributed by atoms with van der Waals surface area (Å²) in [5, 5.41) is 2.65. The lowest BCUT2D eigenvalue weighted by molar-refractivity contribution is -0.130. The second-order valence-electron chi connectivity index (χ2n) is 9.47. The van der Waals surface area contributed by atoms with E-state index in [1.165, 1.54) is 29.2 Å². The van der Waals surface area contributed by atoms with E-state index in [-0.39, 0.29) is 74.0 Å². The molecule has 41 heavy (non-hydrogen) atoms. The standard InChI is InChI=1S/C26H29ClFN5O7S/c1-15(30-22(34)11-29)2-7-23(35)33(25(37)20-5-6-21(27)41-20)13-17-12-32(26(38)40-17)19-4-3-16(10-18(19)28)31-8-9-39-14-24(31)36/h3-6,10,15,17H,2,7-9,11-14,29H2,1H3,(H,30,34)/t15?,17-/m1/s1. The third-order valence-corrected chi connectivity index (χ3v) is 7.71. The Morgan fingerprint density at radius 3 is 2.68 bits per heavy atom. The van der Waals surface area contributed by atoms with E-state index in [1.807, 2.05) is 0 Å². The Morgan fingerprint density at radius 2 is 2.02 bits per heavy atom. The van der Waals surface area contributed by atoms with Gasteiger partial charge in [0.05, 0.1) is 41.1 Å². The number of ether oxygens (including phenoxy) is 2. The molecule has 2 atom stereocenters. The number of nitrogens with zero attached hydrogens (tertiary/aromatic N) is 3. The van der Waals surface area contributed by atoms with Crippen LogP contribution in [0.1, 0.15) is 29.4 Å². The minimum atomic E-state index is -0.944. The quantitative estimate of drug-likeness (QED) is 0.416. The fraction of sp³-hybridized carbons (Fsp3) is 0.423. The summed E-state index contributed by atoms with van der Waals surface area (Å²) < 4.78 is 26.0. The van der Waals surface area contributed by atoms with Gasteiger partial charge < -0.3 is 25.4 Å². The number of anilines is 2. The summed E-state index contributed by atoms with van der Waals surface area (Å²) in [4.78, 5) is 66.5. The maximum Gasteiger partial charge on any atom is 0.414 e. The fourth-order valence-electron chi connectivity index (χ4n) is 4.43. The van der Waals surface area contributed by atoms with Gasteiger partial charge in [-0.2, -0.15) is 0 Å². The zero-order valence-electron chi connectivity index (χ0n) is 22.1. The summed E-state index contributed by atoms with van der Waals surface area (Å²) in [6.07, 6.45) is -1.64. The van der Waals surface area contributed by atoms with Gasteiger partial charge in [0.1, 0.15) is 18.5 Å². The van der Waals surface area contributed by atoms with Gasteiger partial charge in [-0.1, -0.05) is 11.6 Å². The molecule has 220 valence electrons. The molecule has 3 heterocycles. The Kier molecular flexibility index (Phi) is 9.91. The highest BCUT2D eigenvalue weighted by molar-refractivity contribution is 7.18. The lowest BCUT2D eigenvalue weighted by Crippen LogP contribution is -2.44. The molecular weight excluding hydrogens is 581 g/mol. The molecule has 2 aliphatic heterocycles. The molecule has 2 aliphatic rings. The topological polar surface area (TPSA) is 152 Å². The second kappa shape index (κ2) is 13.4. The molecule has 2 saturated heterocycles. The van der Waals surface area contributed by atoms with Crippen molar-refractivity contribution in [3.63, 3.8) is 0 Å². The summed E-state index contributed by atoms with van der Waals surface area (Å²) >= 11 is 6.98. The molecule has 4 rings (SSSR count). The van der Waals surface area contributed by atoms with E-state index in [0.717, 1.165) is 27.2 Å². The highest BCUT2D eigenvalue weighted by Gasteiger charge is 2.38. The number of carbonyl (C=O) groups excluding carboxylic acids is 5. The molecule has 0 radical (unpaired) electrons. The molecule has 0 bridgehead atoms. The van der Waals surface area contributed by atoms with Crippen molar-refractivity contribution in [3.05, 3.63) is 45.4 Å². The van der Waals surface area contributed by atoms with Crippen molar-refractivity contribution < 1.29 is 37.8 Å². The molecule has 0 aliphatic carbocycles. The molecule has 2 fully saturated rings. The van der Waals surface area contributed by atoms with Gasteiger partial charge in [0.25, 0.3) is 11.8 Å². The van der Waals surface area contributed by atoms with Crippen molar-refractivity contribution in [3.8, 4) is 0 Å². The average molecular weight is 610 g/mol. The van der Waals surface area contributed by atoms with Crippen LogP contribution < -0.4 is 20.9 Å². The van der Waals surface area contributed by atoms with Crippen molar-refractivity contribution in [1.29, 1.82) is 0 Å². The van der Waals surface area contributed by atoms with Crippen molar-refractivity contribution in [2.75, 3.05) is 49.2 Å². The number of hydrogen-bond donors (Lipinski definition) is 2. The number of nitrogens with one attached hydrogen (secondary N) is 1. The first kappa shape index (κ1) is 30.4. The first-order chi connectivity index (χ1) is 19.6. The van der Waals surface area contributed by atoms with E-state index >= 15 is 4.39 Å². The zero-order chi connectivity index (χ0) is 29.7. The summed E-state index contributed by atoms with van der Waals surface area (Å²) in [5.41, 5.74) is 5.57. The highest BCUT2D eigenvalue weighted by atomic mass is 35.5. The lowest BCUT2D eigenvalue weighted by atomic mass is 10.1. The molecule has 1 aromatic heterocycles. The van der Waals surface area contributed by atoms with Crippen LogP contribution in [0.5, 0.6) is 0 Å². The number of morpholine rings is 1. The van der Waals surface area contributed by atoms with Gasteiger partial charge in [-0.3, -0.25) is 29.0 Å². The van der Waals surface area contributed by atoms with E-state index < -0.39 is 29.8 Å². The van der Waals surface area contributed by atoms with E-state index in [4.69, 9.17) is 26.8 Å². The second-order valence-corrected chi connectivity index (χ2v) is 11.2. The third-order valence-electron chi connectivity index (χ3n) is 6.49. The van der Waals surface area contributed by atoms with Crippen LogP contribution in [-0.2, 0) is 23.9 Å². The van der Waals surface area contributed by atoms with E-state index in [0.29, 0.717) is 16.6 Å². The predicted molar refractivity (Wildman–Crippen MR) is 148 cm³/mol. The number of nitrogens with two attached hydrogens (primary N) is 1. The number of imide groups is 1. The molecule has 5 amide bonds. The number of rotatable bonds is 10. The third kappa shape index (κ3) is 7.38. The Hall–Kier alpha value is -3.59. The molecule has 15 heteroatoms. The highest BCUT2D eigenvalue weighted by Crippen LogP contribution is 2.30. The summed E-state index contributed by atoms with van der Waals surface area (Å²) in [5.74, 6) is -2.59. The molecule has 0 spiro atoms. The first-order valence-electron chi connectivity index (χ1n) is 12.8. The minimum Gasteiger partial charge on any atom is -0.442 e. The normalized spacial score (nSPS) is 17.8. The average Bonchev–Trinajstić information content (AvgIpc) is 3.55. The van der Waals surface area contributed by atoms with Crippen molar-refractivity contribution in [2.24, 2.45) is 5.73 Å². The van der Waals surface area contributed by atoms with E-state index in [9.17, 15) is 24.0 Å². The van der Waals surface area contributed by atoms with Gasteiger partial charge in [0.2, 0.25) is 11.8 Å². The number of benzene rings is 1. The largest absolute Gasteiger partial charge is 0.442 e. The van der Waals surface area contributed by atoms with Crippen LogP contribution in [0.3, 0.4) is 0 Å². The number of cyclic esters (lactones) is 1. The molecule has 3 N–H and O–H groups in total. The van der Waals surface area contributed by atoms with Gasteiger partial charge in [0.15, 0.2) is 0 Å². The maximum absolute atomic E-state index is 15.1. The van der Waals surface area contributed by atoms with Gasteiger partial charge in [-0.25, -0.2) is 9.18 Å². The Labute approximate surface area is 244 Å². The number of amides is 5. The Morgan fingerprint density at radius 1 is 1.24 bits per heavy atom. The van der Waals surface area contributed by atoms with Crippen LogP contribution >= 0.6 is 22.9 Å². The summed E-state index contributed by atoms with van der Waals surface area (Å²) in [7, 11) is 0. The van der Waals surface area contributed by atoms with Gasteiger partial charge in [-0.15, -0.1) is 11.3 Å². The monoisotopic (exact) mass is 609 g/mol. The number of carbonyl (C=O) groups is 5. The minimum absolute atomic E-state index is 0.0688. The van der Waals surface area contributed by atoms with Gasteiger partial charge >= 0.3 is 6.09 Å². The molecular formula is C26H29ClFN5O7S. The number of thiophene rings is 1. The van der Waals surface area contributed by atoms with Gasteiger partial charge in [0, 0.05) is 24.7 Å². The van der Waals surface area contributed by atoms with Crippen molar-refractivity contribution in [1.82, 2.24) is 10.2 Å². The van der Waals surface area contributed by atoms with E-state index in [2.05, 4.69) is 5.32 Å². The first-order valence-corrected chi connectivity index (χ1v) is 14.0. The summed E-state index contributed by atoms with van der Waals surface area (Å²) in [6.45, 7) is 1.60. The summed E-state index contributed by atoms with van der Waals surface area (Å²) in [6, 6.07) is 6.69. The van der Waals surface area contributed by atoms with Crippen LogP contribution in [0.15, 0.2) is 30.3 Å². The van der Waals surface area contributed by atoms with Crippen LogP contribution in [0.2, 0.25) is 4.34 Å². The fourth-order valence-corrected chi connectivity index (χ4v) is 5.42. The van der Waals surface area contributed by atoms with Crippen molar-refractivity contribution >= 4 is 64.0 Å². The van der Waals surface area contributed by atoms with Crippen LogP contribution in [0.25, 0.3) is 0 Å². The molecule has 2 aromatic rings. The van der Waals surface area contributed by atoms with E-state index in [1.54, 1.807) is 6.92 Å². The maximum atomic E-state index is 15.1. The Bertz CT molecular complexity index is 1340. The molecule has 0 saturated carbocycles. The predicted octanol–water partition coefficient (Wildman–Crippen LogP) is 2.14. The van der Waals surface area contributed by atoms with Gasteiger partial charge in [-0.05, 0) is 43.7 Å². The van der Waals surface area contributed by atoms with Crippen LogP contribution in [-0.4, -0.2) is 86.2 Å². The lowest BCUT2D eigenvalue weighted by Gasteiger charge is -2.27. The zero-order valence-corrected chi connectivity index (χ0v) is 23.7. The van der Waals surface area contributed by atoms with Crippen molar-refractivity contribution in [2.45, 2.75) is 31.9 Å².